The van der Waals surface area contributed by atoms with Crippen LogP contribution in [0.5, 0.6) is 0 Å². The number of halogens is 3. The van der Waals surface area contributed by atoms with Crippen molar-refractivity contribution in [2.24, 2.45) is 0 Å². The molecule has 1 aromatic heterocycles. The number of pyridine rings is 1. The minimum atomic E-state index is -4.22. The van der Waals surface area contributed by atoms with E-state index in [1.165, 1.54) is 38.0 Å². The lowest BCUT2D eigenvalue weighted by Gasteiger charge is -2.08. The third kappa shape index (κ3) is 33.8. The Morgan fingerprint density at radius 1 is 0.771 bits per heavy atom. The zero-order valence-corrected chi connectivity index (χ0v) is 28.8. The normalized spacial score (nSPS) is 9.15. The van der Waals surface area contributed by atoms with Gasteiger partial charge in [0.1, 0.15) is 5.78 Å². The van der Waals surface area contributed by atoms with E-state index in [4.69, 9.17) is 0 Å². The molecule has 2 aromatic carbocycles. The SMILES string of the molecule is CC(=O)CNC=O.CC(C)NC(=O)CNC=O.CCC.Cc1ccccc1C(F)(F)F.Cc1ccncc1.O=CNCc1ccccc1. The summed E-state index contributed by atoms with van der Waals surface area (Å²) in [6.07, 6.45) is 2.31. The molecule has 0 saturated heterocycles. The average molecular weight is 678 g/mol. The molecule has 1 heterocycles. The number of carbonyl (C=O) groups is 5. The zero-order valence-electron chi connectivity index (χ0n) is 28.8. The molecule has 13 heteroatoms. The molecule has 0 aliphatic heterocycles. The lowest BCUT2D eigenvalue weighted by Crippen LogP contribution is -2.37. The molecule has 0 atom stereocenters. The summed E-state index contributed by atoms with van der Waals surface area (Å²) in [7, 11) is 0. The van der Waals surface area contributed by atoms with Crippen molar-refractivity contribution >= 4 is 30.9 Å². The lowest BCUT2D eigenvalue weighted by molar-refractivity contribution is -0.138. The Morgan fingerprint density at radius 2 is 1.25 bits per heavy atom. The fourth-order valence-electron chi connectivity index (χ4n) is 2.77. The molecule has 0 unspecified atom stereocenters. The highest BCUT2D eigenvalue weighted by Crippen LogP contribution is 2.31. The highest BCUT2D eigenvalue weighted by Gasteiger charge is 2.31. The first kappa shape index (κ1) is 47.3. The van der Waals surface area contributed by atoms with Crippen molar-refractivity contribution in [1.82, 2.24) is 26.3 Å². The molecule has 266 valence electrons. The first-order valence-corrected chi connectivity index (χ1v) is 15.0. The van der Waals surface area contributed by atoms with E-state index in [1.807, 2.05) is 63.2 Å². The Bertz CT molecular complexity index is 1250. The predicted molar refractivity (Wildman–Crippen MR) is 183 cm³/mol. The molecule has 0 bridgehead atoms. The number of ketones is 1. The van der Waals surface area contributed by atoms with Crippen LogP contribution < -0.4 is 21.3 Å². The van der Waals surface area contributed by atoms with E-state index in [1.54, 1.807) is 18.5 Å². The van der Waals surface area contributed by atoms with Crippen molar-refractivity contribution in [3.8, 4) is 0 Å². The van der Waals surface area contributed by atoms with Crippen LogP contribution in [0.2, 0.25) is 0 Å². The Kier molecular flexibility index (Phi) is 31.5. The third-order valence-corrected chi connectivity index (χ3v) is 4.76. The number of carbonyl (C=O) groups excluding carboxylic acids is 5. The number of aryl methyl sites for hydroxylation is 2. The average Bonchev–Trinajstić information content (AvgIpc) is 3.03. The summed E-state index contributed by atoms with van der Waals surface area (Å²) in [6, 6.07) is 19.3. The molecule has 0 radical (unpaired) electrons. The van der Waals surface area contributed by atoms with E-state index in [-0.39, 0.29) is 36.4 Å². The summed E-state index contributed by atoms with van der Waals surface area (Å²) < 4.78 is 36.1. The van der Waals surface area contributed by atoms with Gasteiger partial charge in [0.2, 0.25) is 25.1 Å². The highest BCUT2D eigenvalue weighted by molar-refractivity contribution is 5.80. The Hall–Kier alpha value is -5.07. The maximum Gasteiger partial charge on any atom is 0.416 e. The number of hydrogen-bond donors (Lipinski definition) is 4. The number of hydrogen-bond acceptors (Lipinski definition) is 6. The molecule has 4 amide bonds. The number of nitrogens with zero attached hydrogens (tertiary/aromatic N) is 1. The van der Waals surface area contributed by atoms with Crippen LogP contribution >= 0.6 is 0 Å². The summed E-state index contributed by atoms with van der Waals surface area (Å²) in [5.74, 6) is -0.200. The minimum Gasteiger partial charge on any atom is -0.355 e. The van der Waals surface area contributed by atoms with Gasteiger partial charge in [-0.05, 0) is 69.5 Å². The number of aromatic nitrogens is 1. The zero-order chi connectivity index (χ0) is 37.2. The molecule has 3 rings (SSSR count). The van der Waals surface area contributed by atoms with Crippen LogP contribution in [-0.2, 0) is 36.7 Å². The monoisotopic (exact) mass is 677 g/mol. The van der Waals surface area contributed by atoms with Crippen molar-refractivity contribution < 1.29 is 37.1 Å². The fourth-order valence-corrected chi connectivity index (χ4v) is 2.77. The van der Waals surface area contributed by atoms with Crippen molar-refractivity contribution in [2.45, 2.75) is 73.6 Å². The predicted octanol–water partition coefficient (Wildman–Crippen LogP) is 5.33. The third-order valence-electron chi connectivity index (χ3n) is 4.76. The standard InChI is InChI=1S/C8H7F3.C8H9NO.C6H12N2O2.C6H7N.C4H7NO2.C3H8/c1-6-4-2-3-5-7(6)8(9,10)11;10-7-9-6-8-4-2-1-3-5-8;1-5(2)8-6(10)3-7-4-9;1-6-2-4-7-5-3-6;1-4(7)2-5-3-6;1-3-2/h2-5H,1H3;1-5,7H,6H2,(H,9,10);4-5H,3H2,1-2H3,(H,7,9)(H,8,10);2-5H,1H3;3H,2H2,1H3,(H,5,6);3H2,1-2H3. The van der Waals surface area contributed by atoms with Gasteiger partial charge in [0.05, 0.1) is 18.7 Å². The second-order valence-corrected chi connectivity index (χ2v) is 9.95. The van der Waals surface area contributed by atoms with Crippen molar-refractivity contribution in [3.63, 3.8) is 0 Å². The Morgan fingerprint density at radius 3 is 1.60 bits per heavy atom. The molecule has 10 nitrogen and oxygen atoms in total. The van der Waals surface area contributed by atoms with Gasteiger partial charge in [-0.15, -0.1) is 0 Å². The molecular formula is C35H50F3N5O5. The Labute approximate surface area is 282 Å². The van der Waals surface area contributed by atoms with E-state index in [0.717, 1.165) is 11.6 Å². The summed E-state index contributed by atoms with van der Waals surface area (Å²) in [4.78, 5) is 53.5. The van der Waals surface area contributed by atoms with Gasteiger partial charge in [-0.2, -0.15) is 13.2 Å². The van der Waals surface area contributed by atoms with Crippen molar-refractivity contribution in [2.75, 3.05) is 13.1 Å². The van der Waals surface area contributed by atoms with Gasteiger partial charge in [-0.3, -0.25) is 29.0 Å². The van der Waals surface area contributed by atoms with Crippen LogP contribution in [0, 0.1) is 13.8 Å². The number of Topliss-reactive ketones (excluding diaryl/α,β-unsaturated/α-hetero) is 1. The molecule has 3 aromatic rings. The smallest absolute Gasteiger partial charge is 0.355 e. The van der Waals surface area contributed by atoms with Gasteiger partial charge in [-0.1, -0.05) is 68.8 Å². The van der Waals surface area contributed by atoms with Gasteiger partial charge >= 0.3 is 6.18 Å². The first-order valence-electron chi connectivity index (χ1n) is 15.0. The second-order valence-electron chi connectivity index (χ2n) is 9.95. The molecule has 4 N–H and O–H groups in total. The van der Waals surface area contributed by atoms with Crippen LogP contribution in [0.25, 0.3) is 0 Å². The van der Waals surface area contributed by atoms with Gasteiger partial charge in [0, 0.05) is 25.0 Å². The molecular weight excluding hydrogens is 627 g/mol. The van der Waals surface area contributed by atoms with E-state index >= 15 is 0 Å². The minimum absolute atomic E-state index is 0.0351. The summed E-state index contributed by atoms with van der Waals surface area (Å²) in [6.45, 7) is 13.7. The number of benzene rings is 2. The molecule has 0 aliphatic carbocycles. The summed E-state index contributed by atoms with van der Waals surface area (Å²) in [5, 5.41) is 9.68. The number of alkyl halides is 3. The van der Waals surface area contributed by atoms with Gasteiger partial charge in [-0.25, -0.2) is 0 Å². The topological polar surface area (TPSA) is 146 Å². The second kappa shape index (κ2) is 31.9. The van der Waals surface area contributed by atoms with Gasteiger partial charge in [0.15, 0.2) is 0 Å². The molecule has 0 fully saturated rings. The first-order chi connectivity index (χ1) is 22.7. The number of nitrogens with one attached hydrogen (secondary N) is 4. The van der Waals surface area contributed by atoms with E-state index in [9.17, 15) is 37.1 Å². The molecule has 48 heavy (non-hydrogen) atoms. The van der Waals surface area contributed by atoms with Crippen molar-refractivity contribution in [3.05, 3.63) is 101 Å². The van der Waals surface area contributed by atoms with Crippen LogP contribution in [-0.4, -0.2) is 55.0 Å². The van der Waals surface area contributed by atoms with Crippen LogP contribution in [0.1, 0.15) is 63.3 Å². The van der Waals surface area contributed by atoms with E-state index in [2.05, 4.69) is 40.1 Å². The summed E-state index contributed by atoms with van der Waals surface area (Å²) >= 11 is 0. The maximum absolute atomic E-state index is 12.0. The lowest BCUT2D eigenvalue weighted by atomic mass is 10.1. The van der Waals surface area contributed by atoms with Crippen LogP contribution in [0.4, 0.5) is 13.2 Å². The van der Waals surface area contributed by atoms with E-state index in [0.29, 0.717) is 25.8 Å². The molecule has 0 spiro atoms. The van der Waals surface area contributed by atoms with Gasteiger partial charge < -0.3 is 21.3 Å². The van der Waals surface area contributed by atoms with E-state index < -0.39 is 11.7 Å². The fraction of sp³-hybridized carbons (Fsp3) is 0.371. The molecule has 0 aliphatic rings. The largest absolute Gasteiger partial charge is 0.416 e. The van der Waals surface area contributed by atoms with Crippen molar-refractivity contribution in [1.29, 1.82) is 0 Å². The molecule has 0 saturated carbocycles. The van der Waals surface area contributed by atoms with Crippen LogP contribution in [0.3, 0.4) is 0 Å². The number of amides is 4. The quantitative estimate of drug-likeness (QED) is 0.214. The maximum atomic E-state index is 12.0. The highest BCUT2D eigenvalue weighted by atomic mass is 19.4. The van der Waals surface area contributed by atoms with Crippen LogP contribution in [0.15, 0.2) is 79.1 Å². The summed E-state index contributed by atoms with van der Waals surface area (Å²) in [5.41, 5.74) is 2.09. The van der Waals surface area contributed by atoms with Gasteiger partial charge in [0.25, 0.3) is 0 Å². The number of rotatable bonds is 10. The Balaban J connectivity index is -0.000000521.